The molecule has 0 fully saturated rings. The average Bonchev–Trinajstić information content (AvgIpc) is 2.62. The molecule has 27 heavy (non-hydrogen) atoms. The maximum Gasteiger partial charge on any atom is 0.239 e. The molecular weight excluding hydrogens is 362 g/mol. The zero-order valence-corrected chi connectivity index (χ0v) is 16.7. The topological polar surface area (TPSA) is 72.5 Å². The van der Waals surface area contributed by atoms with Crippen molar-refractivity contribution in [3.05, 3.63) is 59.7 Å². The molecule has 1 N–H and O–H groups in total. The Balaban J connectivity index is 2.05. The van der Waals surface area contributed by atoms with Crippen molar-refractivity contribution in [1.29, 1.82) is 0 Å². The SMILES string of the molecule is CCCCCS(=O)(=O)CC(=O)Nc1ccc(OC)c(Cc2ccccc2)c1. The Labute approximate surface area is 161 Å². The molecule has 0 saturated carbocycles. The van der Waals surface area contributed by atoms with Crippen molar-refractivity contribution in [1.82, 2.24) is 0 Å². The van der Waals surface area contributed by atoms with Crippen molar-refractivity contribution in [3.63, 3.8) is 0 Å². The van der Waals surface area contributed by atoms with Crippen molar-refractivity contribution >= 4 is 21.4 Å². The minimum Gasteiger partial charge on any atom is -0.496 e. The first-order valence-corrected chi connectivity index (χ1v) is 11.0. The molecule has 6 heteroatoms. The van der Waals surface area contributed by atoms with Gasteiger partial charge in [-0.1, -0.05) is 50.1 Å². The zero-order chi connectivity index (χ0) is 19.7. The van der Waals surface area contributed by atoms with Crippen molar-refractivity contribution in [2.75, 3.05) is 23.9 Å². The molecular formula is C21H27NO4S. The Hall–Kier alpha value is -2.34. The maximum atomic E-state index is 12.2. The Morgan fingerprint density at radius 2 is 1.81 bits per heavy atom. The zero-order valence-electron chi connectivity index (χ0n) is 15.9. The number of hydrogen-bond acceptors (Lipinski definition) is 4. The summed E-state index contributed by atoms with van der Waals surface area (Å²) < 4.78 is 29.5. The van der Waals surface area contributed by atoms with E-state index in [0.717, 1.165) is 29.7 Å². The van der Waals surface area contributed by atoms with Gasteiger partial charge < -0.3 is 10.1 Å². The quantitative estimate of drug-likeness (QED) is 0.627. The Morgan fingerprint density at radius 3 is 2.48 bits per heavy atom. The van der Waals surface area contributed by atoms with Crippen LogP contribution in [0.3, 0.4) is 0 Å². The number of unbranched alkanes of at least 4 members (excludes halogenated alkanes) is 2. The van der Waals surface area contributed by atoms with Gasteiger partial charge in [0.05, 0.1) is 12.9 Å². The lowest BCUT2D eigenvalue weighted by molar-refractivity contribution is -0.113. The van der Waals surface area contributed by atoms with E-state index in [1.807, 2.05) is 43.3 Å². The van der Waals surface area contributed by atoms with Crippen molar-refractivity contribution < 1.29 is 17.9 Å². The molecule has 5 nitrogen and oxygen atoms in total. The minimum atomic E-state index is -3.38. The van der Waals surface area contributed by atoms with Crippen molar-refractivity contribution in [3.8, 4) is 5.75 Å². The van der Waals surface area contributed by atoms with E-state index in [-0.39, 0.29) is 5.75 Å². The van der Waals surface area contributed by atoms with Gasteiger partial charge >= 0.3 is 0 Å². The number of rotatable bonds is 10. The molecule has 0 bridgehead atoms. The van der Waals surface area contributed by atoms with Gasteiger partial charge in [0.2, 0.25) is 5.91 Å². The molecule has 2 aromatic rings. The summed E-state index contributed by atoms with van der Waals surface area (Å²) in [5, 5.41) is 2.69. The van der Waals surface area contributed by atoms with Crippen LogP contribution in [0.4, 0.5) is 5.69 Å². The lowest BCUT2D eigenvalue weighted by Gasteiger charge is -2.12. The lowest BCUT2D eigenvalue weighted by Crippen LogP contribution is -2.24. The fraction of sp³-hybridized carbons (Fsp3) is 0.381. The summed E-state index contributed by atoms with van der Waals surface area (Å²) in [6.45, 7) is 2.01. The molecule has 2 aromatic carbocycles. The fourth-order valence-electron chi connectivity index (χ4n) is 2.85. The van der Waals surface area contributed by atoms with E-state index in [2.05, 4.69) is 5.32 Å². The highest BCUT2D eigenvalue weighted by Gasteiger charge is 2.17. The molecule has 0 aliphatic carbocycles. The monoisotopic (exact) mass is 389 g/mol. The number of carbonyl (C=O) groups excluding carboxylic acids is 1. The average molecular weight is 390 g/mol. The van der Waals surface area contributed by atoms with Crippen LogP contribution in [0, 0.1) is 0 Å². The van der Waals surface area contributed by atoms with E-state index in [4.69, 9.17) is 4.74 Å². The number of benzene rings is 2. The first kappa shape index (κ1) is 21.0. The second-order valence-corrected chi connectivity index (χ2v) is 8.72. The standard InChI is InChI=1S/C21H27NO4S/c1-3-4-8-13-27(24,25)16-21(23)22-19-11-12-20(26-2)18(15-19)14-17-9-6-5-7-10-17/h5-7,9-12,15H,3-4,8,13-14,16H2,1-2H3,(H,22,23). The second kappa shape index (κ2) is 10.1. The smallest absolute Gasteiger partial charge is 0.239 e. The number of hydrogen-bond donors (Lipinski definition) is 1. The van der Waals surface area contributed by atoms with Gasteiger partial charge in [0, 0.05) is 17.7 Å². The van der Waals surface area contributed by atoms with Crippen molar-refractivity contribution in [2.45, 2.75) is 32.6 Å². The fourth-order valence-corrected chi connectivity index (χ4v) is 4.11. The van der Waals surface area contributed by atoms with Crippen LogP contribution < -0.4 is 10.1 Å². The second-order valence-electron chi connectivity index (χ2n) is 6.54. The van der Waals surface area contributed by atoms with Crippen LogP contribution in [0.5, 0.6) is 5.75 Å². The summed E-state index contributed by atoms with van der Waals surface area (Å²) in [6, 6.07) is 15.3. The summed E-state index contributed by atoms with van der Waals surface area (Å²) in [5.41, 5.74) is 2.61. The van der Waals surface area contributed by atoms with Gasteiger partial charge in [-0.05, 0) is 30.2 Å². The molecule has 0 unspecified atom stereocenters. The van der Waals surface area contributed by atoms with Crippen LogP contribution in [-0.2, 0) is 21.1 Å². The van der Waals surface area contributed by atoms with Gasteiger partial charge in [-0.15, -0.1) is 0 Å². The molecule has 0 aliphatic heterocycles. The van der Waals surface area contributed by atoms with Crippen LogP contribution in [-0.4, -0.2) is 32.9 Å². The van der Waals surface area contributed by atoms with E-state index in [9.17, 15) is 13.2 Å². The summed E-state index contributed by atoms with van der Waals surface area (Å²) >= 11 is 0. The van der Waals surface area contributed by atoms with E-state index >= 15 is 0 Å². The Kier molecular flexibility index (Phi) is 7.85. The van der Waals surface area contributed by atoms with Crippen LogP contribution in [0.25, 0.3) is 0 Å². The first-order chi connectivity index (χ1) is 12.9. The molecule has 0 aromatic heterocycles. The molecule has 146 valence electrons. The third-order valence-corrected chi connectivity index (χ3v) is 5.82. The lowest BCUT2D eigenvalue weighted by atomic mass is 10.0. The predicted octanol–water partition coefficient (Wildman–Crippen LogP) is 3.83. The number of ether oxygens (including phenoxy) is 1. The normalized spacial score (nSPS) is 11.2. The highest BCUT2D eigenvalue weighted by molar-refractivity contribution is 7.92. The molecule has 0 radical (unpaired) electrons. The number of nitrogens with one attached hydrogen (secondary N) is 1. The third-order valence-electron chi connectivity index (χ3n) is 4.21. The summed E-state index contributed by atoms with van der Waals surface area (Å²) in [7, 11) is -1.78. The van der Waals surface area contributed by atoms with Crippen LogP contribution in [0.15, 0.2) is 48.5 Å². The van der Waals surface area contributed by atoms with E-state index < -0.39 is 21.5 Å². The Bertz CT molecular complexity index is 848. The van der Waals surface area contributed by atoms with E-state index in [1.165, 1.54) is 0 Å². The van der Waals surface area contributed by atoms with Crippen molar-refractivity contribution in [2.24, 2.45) is 0 Å². The molecule has 0 spiro atoms. The minimum absolute atomic E-state index is 0.0517. The van der Waals surface area contributed by atoms with Gasteiger partial charge in [0.15, 0.2) is 9.84 Å². The summed E-state index contributed by atoms with van der Waals surface area (Å²) in [4.78, 5) is 12.2. The number of carbonyl (C=O) groups is 1. The largest absolute Gasteiger partial charge is 0.496 e. The Morgan fingerprint density at radius 1 is 1.07 bits per heavy atom. The summed E-state index contributed by atoms with van der Waals surface area (Å²) in [6.07, 6.45) is 3.04. The number of anilines is 1. The molecule has 0 aliphatic rings. The first-order valence-electron chi connectivity index (χ1n) is 9.14. The van der Waals surface area contributed by atoms with E-state index in [1.54, 1.807) is 19.2 Å². The molecule has 0 heterocycles. The highest BCUT2D eigenvalue weighted by Crippen LogP contribution is 2.25. The molecule has 0 saturated heterocycles. The van der Waals surface area contributed by atoms with Gasteiger partial charge in [-0.2, -0.15) is 0 Å². The maximum absolute atomic E-state index is 12.2. The third kappa shape index (κ3) is 7.06. The number of amides is 1. The van der Waals surface area contributed by atoms with Crippen LogP contribution in [0.2, 0.25) is 0 Å². The number of methoxy groups -OCH3 is 1. The van der Waals surface area contributed by atoms with Gasteiger partial charge in [-0.3, -0.25) is 4.79 Å². The highest BCUT2D eigenvalue weighted by atomic mass is 32.2. The molecule has 1 amide bonds. The van der Waals surface area contributed by atoms with Gasteiger partial charge in [0.25, 0.3) is 0 Å². The van der Waals surface area contributed by atoms with Crippen LogP contribution >= 0.6 is 0 Å². The summed E-state index contributed by atoms with van der Waals surface area (Å²) in [5.74, 6) is -0.223. The van der Waals surface area contributed by atoms with Gasteiger partial charge in [-0.25, -0.2) is 8.42 Å². The number of sulfone groups is 1. The van der Waals surface area contributed by atoms with E-state index in [0.29, 0.717) is 18.5 Å². The predicted molar refractivity (Wildman–Crippen MR) is 109 cm³/mol. The van der Waals surface area contributed by atoms with Crippen LogP contribution in [0.1, 0.15) is 37.3 Å². The molecule has 2 rings (SSSR count). The van der Waals surface area contributed by atoms with Gasteiger partial charge in [0.1, 0.15) is 11.5 Å². The molecule has 0 atom stereocenters.